The molecule has 0 fully saturated rings. The second-order valence-electron chi connectivity index (χ2n) is 7.20. The van der Waals surface area contributed by atoms with Crippen molar-refractivity contribution in [1.29, 1.82) is 0 Å². The van der Waals surface area contributed by atoms with Crippen LogP contribution in [0.1, 0.15) is 11.1 Å². The second-order valence-corrected chi connectivity index (χ2v) is 8.88. The summed E-state index contributed by atoms with van der Waals surface area (Å²) in [6.07, 6.45) is 1.62. The summed E-state index contributed by atoms with van der Waals surface area (Å²) < 4.78 is 38.5. The fraction of sp³-hybridized carbons (Fsp3) is 0.125. The predicted molar refractivity (Wildman–Crippen MR) is 121 cm³/mol. The first-order chi connectivity index (χ1) is 14.9. The lowest BCUT2D eigenvalue weighted by Crippen LogP contribution is -2.12. The van der Waals surface area contributed by atoms with Crippen molar-refractivity contribution in [2.45, 2.75) is 18.7 Å². The molecule has 4 aromatic rings. The summed E-state index contributed by atoms with van der Waals surface area (Å²) in [7, 11) is -2.17. The second kappa shape index (κ2) is 8.28. The van der Waals surface area contributed by atoms with Crippen LogP contribution in [-0.4, -0.2) is 20.5 Å². The molecular weight excluding hydrogens is 412 g/mol. The van der Waals surface area contributed by atoms with Gasteiger partial charge >= 0.3 is 0 Å². The Morgan fingerprint density at radius 2 is 1.55 bits per heavy atom. The van der Waals surface area contributed by atoms with Crippen molar-refractivity contribution in [1.82, 2.24) is 4.98 Å². The number of hydrogen-bond donors (Lipinski definition) is 1. The summed E-state index contributed by atoms with van der Waals surface area (Å²) in [5, 5.41) is 0. The maximum Gasteiger partial charge on any atom is 0.261 e. The molecule has 0 saturated carbocycles. The molecule has 0 amide bonds. The molecule has 6 nitrogen and oxygen atoms in total. The van der Waals surface area contributed by atoms with Crippen LogP contribution in [0.4, 0.5) is 5.69 Å². The first-order valence-corrected chi connectivity index (χ1v) is 11.1. The third kappa shape index (κ3) is 4.46. The van der Waals surface area contributed by atoms with Crippen LogP contribution in [0.15, 0.2) is 82.3 Å². The van der Waals surface area contributed by atoms with Gasteiger partial charge in [-0.25, -0.2) is 13.4 Å². The smallest absolute Gasteiger partial charge is 0.261 e. The lowest BCUT2D eigenvalue weighted by molar-refractivity contribution is 0.414. The molecule has 0 atom stereocenters. The van der Waals surface area contributed by atoms with E-state index in [9.17, 15) is 8.42 Å². The number of nitrogens with zero attached hydrogens (tertiary/aromatic N) is 1. The van der Waals surface area contributed by atoms with Gasteiger partial charge in [0.2, 0.25) is 5.89 Å². The predicted octanol–water partition coefficient (Wildman–Crippen LogP) is 5.43. The molecule has 158 valence electrons. The Labute approximate surface area is 181 Å². The molecule has 31 heavy (non-hydrogen) atoms. The summed E-state index contributed by atoms with van der Waals surface area (Å²) in [4.78, 5) is 4.73. The summed E-state index contributed by atoms with van der Waals surface area (Å²) in [5.74, 6) is 1.06. The monoisotopic (exact) mass is 434 g/mol. The van der Waals surface area contributed by atoms with Crippen molar-refractivity contribution < 1.29 is 17.6 Å². The van der Waals surface area contributed by atoms with E-state index in [0.717, 1.165) is 16.8 Å². The van der Waals surface area contributed by atoms with Gasteiger partial charge in [0.25, 0.3) is 10.0 Å². The summed E-state index contributed by atoms with van der Waals surface area (Å²) in [6.45, 7) is 4.13. The molecule has 0 aliphatic rings. The lowest BCUT2D eigenvalue weighted by Gasteiger charge is -2.09. The van der Waals surface area contributed by atoms with Crippen LogP contribution in [0, 0.1) is 13.8 Å². The zero-order valence-corrected chi connectivity index (χ0v) is 18.2. The SMILES string of the molecule is COc1ccc(S(=O)(=O)Nc2ccc(-c3nc(-c4ccc(C)c(C)c4)co3)cc2)cc1. The Hall–Kier alpha value is -3.58. The largest absolute Gasteiger partial charge is 0.497 e. The van der Waals surface area contributed by atoms with E-state index in [0.29, 0.717) is 17.3 Å². The zero-order chi connectivity index (χ0) is 22.0. The normalized spacial score (nSPS) is 11.3. The summed E-state index contributed by atoms with van der Waals surface area (Å²) >= 11 is 0. The number of aromatic nitrogens is 1. The van der Waals surface area contributed by atoms with Gasteiger partial charge in [0, 0.05) is 16.8 Å². The highest BCUT2D eigenvalue weighted by Crippen LogP contribution is 2.27. The highest BCUT2D eigenvalue weighted by molar-refractivity contribution is 7.92. The van der Waals surface area contributed by atoms with Gasteiger partial charge in [-0.1, -0.05) is 12.1 Å². The average molecular weight is 435 g/mol. The molecule has 3 aromatic carbocycles. The summed E-state index contributed by atoms with van der Waals surface area (Å²) in [5.41, 5.74) is 5.35. The first-order valence-electron chi connectivity index (χ1n) is 9.66. The Kier molecular flexibility index (Phi) is 5.52. The Balaban J connectivity index is 1.52. The van der Waals surface area contributed by atoms with E-state index in [-0.39, 0.29) is 4.90 Å². The van der Waals surface area contributed by atoms with E-state index in [1.54, 1.807) is 42.7 Å². The van der Waals surface area contributed by atoms with Crippen LogP contribution >= 0.6 is 0 Å². The molecule has 7 heteroatoms. The number of methoxy groups -OCH3 is 1. The molecule has 0 aliphatic carbocycles. The molecular formula is C24H22N2O4S. The van der Waals surface area contributed by atoms with Crippen molar-refractivity contribution in [3.05, 3.63) is 84.1 Å². The van der Waals surface area contributed by atoms with Gasteiger partial charge in [0.05, 0.1) is 12.0 Å². The van der Waals surface area contributed by atoms with E-state index < -0.39 is 10.0 Å². The van der Waals surface area contributed by atoms with Crippen LogP contribution < -0.4 is 9.46 Å². The van der Waals surface area contributed by atoms with Crippen molar-refractivity contribution in [3.8, 4) is 28.5 Å². The number of oxazole rings is 1. The van der Waals surface area contributed by atoms with Crippen molar-refractivity contribution in [2.75, 3.05) is 11.8 Å². The molecule has 0 unspecified atom stereocenters. The summed E-state index contributed by atoms with van der Waals surface area (Å²) in [6, 6.07) is 19.2. The number of nitrogens with one attached hydrogen (secondary N) is 1. The molecule has 0 aliphatic heterocycles. The van der Waals surface area contributed by atoms with Gasteiger partial charge in [-0.2, -0.15) is 0 Å². The number of anilines is 1. The molecule has 1 heterocycles. The van der Waals surface area contributed by atoms with Gasteiger partial charge < -0.3 is 9.15 Å². The minimum absolute atomic E-state index is 0.156. The number of benzene rings is 3. The van der Waals surface area contributed by atoms with E-state index in [2.05, 4.69) is 35.7 Å². The van der Waals surface area contributed by atoms with Crippen LogP contribution in [-0.2, 0) is 10.0 Å². The van der Waals surface area contributed by atoms with Gasteiger partial charge in [0.1, 0.15) is 17.7 Å². The number of hydrogen-bond acceptors (Lipinski definition) is 5. The van der Waals surface area contributed by atoms with Gasteiger partial charge in [-0.05, 0) is 79.6 Å². The molecule has 1 N–H and O–H groups in total. The molecule has 0 spiro atoms. The Bertz CT molecular complexity index is 1310. The third-order valence-electron chi connectivity index (χ3n) is 5.06. The standard InChI is InChI=1S/C24H22N2O4S/c1-16-4-5-19(14-17(16)2)23-15-30-24(25-23)18-6-8-20(9-7-18)26-31(27,28)22-12-10-21(29-3)11-13-22/h4-15,26H,1-3H3. The Morgan fingerprint density at radius 3 is 2.19 bits per heavy atom. The van der Waals surface area contributed by atoms with Crippen molar-refractivity contribution in [3.63, 3.8) is 0 Å². The number of aryl methyl sites for hydroxylation is 2. The fourth-order valence-corrected chi connectivity index (χ4v) is 4.15. The van der Waals surface area contributed by atoms with Crippen molar-refractivity contribution in [2.24, 2.45) is 0 Å². The third-order valence-corrected chi connectivity index (χ3v) is 6.46. The van der Waals surface area contributed by atoms with Gasteiger partial charge in [0.15, 0.2) is 0 Å². The van der Waals surface area contributed by atoms with Gasteiger partial charge in [-0.15, -0.1) is 0 Å². The highest BCUT2D eigenvalue weighted by atomic mass is 32.2. The minimum Gasteiger partial charge on any atom is -0.497 e. The highest BCUT2D eigenvalue weighted by Gasteiger charge is 2.15. The van der Waals surface area contributed by atoms with E-state index in [1.807, 2.05) is 6.07 Å². The average Bonchev–Trinajstić information content (AvgIpc) is 3.26. The number of sulfonamides is 1. The minimum atomic E-state index is -3.70. The maximum absolute atomic E-state index is 12.6. The quantitative estimate of drug-likeness (QED) is 0.437. The Morgan fingerprint density at radius 1 is 0.871 bits per heavy atom. The van der Waals surface area contributed by atoms with E-state index in [1.165, 1.54) is 30.4 Å². The van der Waals surface area contributed by atoms with Crippen LogP contribution in [0.2, 0.25) is 0 Å². The molecule has 0 bridgehead atoms. The number of ether oxygens (including phenoxy) is 1. The number of rotatable bonds is 6. The van der Waals surface area contributed by atoms with Crippen LogP contribution in [0.3, 0.4) is 0 Å². The van der Waals surface area contributed by atoms with E-state index in [4.69, 9.17) is 9.15 Å². The van der Waals surface area contributed by atoms with Crippen LogP contribution in [0.5, 0.6) is 5.75 Å². The van der Waals surface area contributed by atoms with Crippen LogP contribution in [0.25, 0.3) is 22.7 Å². The van der Waals surface area contributed by atoms with E-state index >= 15 is 0 Å². The molecule has 1 aromatic heterocycles. The zero-order valence-electron chi connectivity index (χ0n) is 17.4. The van der Waals surface area contributed by atoms with Gasteiger partial charge in [-0.3, -0.25) is 4.72 Å². The fourth-order valence-electron chi connectivity index (χ4n) is 3.09. The maximum atomic E-state index is 12.6. The molecule has 4 rings (SSSR count). The lowest BCUT2D eigenvalue weighted by atomic mass is 10.1. The topological polar surface area (TPSA) is 81.4 Å². The molecule has 0 radical (unpaired) electrons. The first kappa shape index (κ1) is 20.7. The van der Waals surface area contributed by atoms with Crippen molar-refractivity contribution >= 4 is 15.7 Å². The molecule has 0 saturated heterocycles.